The summed E-state index contributed by atoms with van der Waals surface area (Å²) in [5, 5.41) is 3.38. The van der Waals surface area contributed by atoms with Crippen molar-refractivity contribution in [1.29, 1.82) is 0 Å². The second-order valence-corrected chi connectivity index (χ2v) is 6.83. The number of aromatic nitrogens is 3. The Labute approximate surface area is 149 Å². The van der Waals surface area contributed by atoms with Crippen molar-refractivity contribution in [3.8, 4) is 0 Å². The van der Waals surface area contributed by atoms with E-state index in [-0.39, 0.29) is 30.1 Å². The van der Waals surface area contributed by atoms with E-state index in [1.165, 1.54) is 6.92 Å². The summed E-state index contributed by atoms with van der Waals surface area (Å²) >= 11 is 0. The number of nitrogens with zero attached hydrogens (tertiary/aromatic N) is 5. The molecule has 2 amide bonds. The van der Waals surface area contributed by atoms with E-state index in [2.05, 4.69) is 10.1 Å². The monoisotopic (exact) mass is 373 g/mol. The number of aryl methyl sites for hydroxylation is 1. The van der Waals surface area contributed by atoms with Crippen LogP contribution in [0.1, 0.15) is 37.3 Å². The minimum atomic E-state index is -4.63. The quantitative estimate of drug-likeness (QED) is 0.804. The molecule has 0 aliphatic carbocycles. The molecular formula is C16H22F3N5O2. The number of hydrogen-bond acceptors (Lipinski definition) is 4. The lowest BCUT2D eigenvalue weighted by molar-refractivity contribution is -0.145. The molecule has 1 aromatic rings. The van der Waals surface area contributed by atoms with Crippen LogP contribution >= 0.6 is 0 Å². The molecule has 2 aliphatic rings. The zero-order valence-electron chi connectivity index (χ0n) is 14.6. The Morgan fingerprint density at radius 1 is 1.08 bits per heavy atom. The SMILES string of the molecule is Cc1nc(C(F)(F)F)nn1CC(=O)N1CCC(C(=O)N2CCCC2)CC1. The van der Waals surface area contributed by atoms with Gasteiger partial charge in [0.1, 0.15) is 12.4 Å². The molecular weight excluding hydrogens is 351 g/mol. The minimum absolute atomic E-state index is 0.0461. The van der Waals surface area contributed by atoms with E-state index in [0.29, 0.717) is 25.9 Å². The third-order valence-corrected chi connectivity index (χ3v) is 5.01. The molecule has 3 rings (SSSR count). The van der Waals surface area contributed by atoms with E-state index in [9.17, 15) is 22.8 Å². The number of carbonyl (C=O) groups excluding carboxylic acids is 2. The Morgan fingerprint density at radius 2 is 1.69 bits per heavy atom. The molecule has 2 saturated heterocycles. The van der Waals surface area contributed by atoms with Gasteiger partial charge in [-0.15, -0.1) is 5.10 Å². The zero-order chi connectivity index (χ0) is 18.9. The van der Waals surface area contributed by atoms with E-state index in [4.69, 9.17) is 0 Å². The number of rotatable bonds is 3. The van der Waals surface area contributed by atoms with Crippen molar-refractivity contribution >= 4 is 11.8 Å². The molecule has 0 aromatic carbocycles. The van der Waals surface area contributed by atoms with Gasteiger partial charge in [-0.3, -0.25) is 9.59 Å². The lowest BCUT2D eigenvalue weighted by atomic mass is 9.95. The van der Waals surface area contributed by atoms with E-state index in [1.54, 1.807) is 4.90 Å². The van der Waals surface area contributed by atoms with Gasteiger partial charge in [-0.25, -0.2) is 9.67 Å². The molecule has 1 aromatic heterocycles. The summed E-state index contributed by atoms with van der Waals surface area (Å²) in [6.45, 7) is 3.60. The number of halogens is 3. The molecule has 2 aliphatic heterocycles. The zero-order valence-corrected chi connectivity index (χ0v) is 14.6. The summed E-state index contributed by atoms with van der Waals surface area (Å²) in [5.74, 6) is -1.40. The molecule has 0 unspecified atom stereocenters. The molecule has 144 valence electrons. The third-order valence-electron chi connectivity index (χ3n) is 5.01. The fourth-order valence-corrected chi connectivity index (χ4v) is 3.49. The normalized spacial score (nSPS) is 19.2. The molecule has 26 heavy (non-hydrogen) atoms. The van der Waals surface area contributed by atoms with Crippen molar-refractivity contribution in [3.63, 3.8) is 0 Å². The predicted molar refractivity (Wildman–Crippen MR) is 84.9 cm³/mol. The molecule has 0 spiro atoms. The summed E-state index contributed by atoms with van der Waals surface area (Å²) in [5.41, 5.74) is 0. The third kappa shape index (κ3) is 3.99. The molecule has 2 fully saturated rings. The first kappa shape index (κ1) is 18.7. The first-order valence-corrected chi connectivity index (χ1v) is 8.81. The average molecular weight is 373 g/mol. The van der Waals surface area contributed by atoms with E-state index >= 15 is 0 Å². The molecule has 0 atom stereocenters. The van der Waals surface area contributed by atoms with Gasteiger partial charge < -0.3 is 9.80 Å². The highest BCUT2D eigenvalue weighted by molar-refractivity contribution is 5.80. The van der Waals surface area contributed by atoms with Gasteiger partial charge in [-0.1, -0.05) is 0 Å². The molecule has 0 saturated carbocycles. The molecule has 10 heteroatoms. The highest BCUT2D eigenvalue weighted by atomic mass is 19.4. The van der Waals surface area contributed by atoms with Gasteiger partial charge in [0.05, 0.1) is 0 Å². The summed E-state index contributed by atoms with van der Waals surface area (Å²) < 4.78 is 38.9. The van der Waals surface area contributed by atoms with Crippen LogP contribution in [0.4, 0.5) is 13.2 Å². The first-order valence-electron chi connectivity index (χ1n) is 8.81. The van der Waals surface area contributed by atoms with Crippen molar-refractivity contribution in [2.75, 3.05) is 26.2 Å². The van der Waals surface area contributed by atoms with Gasteiger partial charge in [0.2, 0.25) is 11.8 Å². The Kier molecular flexibility index (Phi) is 5.19. The Bertz CT molecular complexity index is 674. The number of likely N-dealkylation sites (tertiary alicyclic amines) is 2. The topological polar surface area (TPSA) is 71.3 Å². The summed E-state index contributed by atoms with van der Waals surface area (Å²) in [6, 6.07) is 0. The number of piperidine rings is 1. The van der Waals surface area contributed by atoms with Crippen molar-refractivity contribution < 1.29 is 22.8 Å². The maximum atomic E-state index is 12.7. The molecule has 3 heterocycles. The van der Waals surface area contributed by atoms with Gasteiger partial charge in [0.15, 0.2) is 0 Å². The molecule has 0 bridgehead atoms. The van der Waals surface area contributed by atoms with Crippen LogP contribution in [0.3, 0.4) is 0 Å². The highest BCUT2D eigenvalue weighted by Crippen LogP contribution is 2.26. The number of carbonyl (C=O) groups is 2. The first-order chi connectivity index (χ1) is 12.3. The summed E-state index contributed by atoms with van der Waals surface area (Å²) in [4.78, 5) is 31.6. The van der Waals surface area contributed by atoms with Gasteiger partial charge in [-0.05, 0) is 32.6 Å². The lowest BCUT2D eigenvalue weighted by Gasteiger charge is -2.33. The fourth-order valence-electron chi connectivity index (χ4n) is 3.49. The van der Waals surface area contributed by atoms with Gasteiger partial charge >= 0.3 is 6.18 Å². The van der Waals surface area contributed by atoms with Crippen LogP contribution in [0, 0.1) is 12.8 Å². The Balaban J connectivity index is 1.54. The van der Waals surface area contributed by atoms with Crippen LogP contribution in [0.5, 0.6) is 0 Å². The van der Waals surface area contributed by atoms with Crippen LogP contribution in [0.2, 0.25) is 0 Å². The van der Waals surface area contributed by atoms with Crippen LogP contribution in [-0.4, -0.2) is 62.6 Å². The van der Waals surface area contributed by atoms with Crippen molar-refractivity contribution in [3.05, 3.63) is 11.6 Å². The van der Waals surface area contributed by atoms with E-state index in [1.807, 2.05) is 4.90 Å². The van der Waals surface area contributed by atoms with E-state index in [0.717, 1.165) is 30.6 Å². The average Bonchev–Trinajstić information content (AvgIpc) is 3.24. The van der Waals surface area contributed by atoms with Gasteiger partial charge in [0.25, 0.3) is 5.82 Å². The Hall–Kier alpha value is -2.13. The van der Waals surface area contributed by atoms with Crippen LogP contribution < -0.4 is 0 Å². The number of alkyl halides is 3. The smallest absolute Gasteiger partial charge is 0.342 e. The predicted octanol–water partition coefficient (Wildman–Crippen LogP) is 1.47. The van der Waals surface area contributed by atoms with E-state index < -0.39 is 12.0 Å². The standard InChI is InChI=1S/C16H22F3N5O2/c1-11-20-15(16(17,18)19)21-24(11)10-13(25)22-8-4-12(5-9-22)14(26)23-6-2-3-7-23/h12H,2-10H2,1H3. The number of hydrogen-bond donors (Lipinski definition) is 0. The highest BCUT2D eigenvalue weighted by Gasteiger charge is 2.37. The second kappa shape index (κ2) is 7.24. The van der Waals surface area contributed by atoms with Crippen LogP contribution in [0.15, 0.2) is 0 Å². The maximum Gasteiger partial charge on any atom is 0.453 e. The van der Waals surface area contributed by atoms with Crippen LogP contribution in [-0.2, 0) is 22.3 Å². The summed E-state index contributed by atoms with van der Waals surface area (Å²) in [6.07, 6.45) is -1.37. The van der Waals surface area contributed by atoms with Crippen LogP contribution in [0.25, 0.3) is 0 Å². The molecule has 0 radical (unpaired) electrons. The van der Waals surface area contributed by atoms with Gasteiger partial charge in [-0.2, -0.15) is 13.2 Å². The largest absolute Gasteiger partial charge is 0.453 e. The van der Waals surface area contributed by atoms with Crippen molar-refractivity contribution in [2.45, 2.75) is 45.3 Å². The van der Waals surface area contributed by atoms with Crippen molar-refractivity contribution in [1.82, 2.24) is 24.6 Å². The van der Waals surface area contributed by atoms with Gasteiger partial charge in [0, 0.05) is 32.1 Å². The molecule has 0 N–H and O–H groups in total. The number of amides is 2. The fraction of sp³-hybridized carbons (Fsp3) is 0.750. The Morgan fingerprint density at radius 3 is 2.23 bits per heavy atom. The lowest BCUT2D eigenvalue weighted by Crippen LogP contribution is -2.44. The van der Waals surface area contributed by atoms with Crippen molar-refractivity contribution in [2.24, 2.45) is 5.92 Å². The summed E-state index contributed by atoms with van der Waals surface area (Å²) in [7, 11) is 0. The second-order valence-electron chi connectivity index (χ2n) is 6.83. The minimum Gasteiger partial charge on any atom is -0.342 e. The molecule has 7 nitrogen and oxygen atoms in total. The maximum absolute atomic E-state index is 12.7.